The van der Waals surface area contributed by atoms with Gasteiger partial charge in [0.05, 0.1) is 28.2 Å². The fraction of sp³-hybridized carbons (Fsp3) is 0.234. The van der Waals surface area contributed by atoms with Gasteiger partial charge in [0, 0.05) is 62.1 Å². The molecule has 0 fully saturated rings. The van der Waals surface area contributed by atoms with Gasteiger partial charge in [-0.15, -0.1) is 0 Å². The molecule has 0 aliphatic heterocycles. The molecule has 14 heteroatoms. The van der Waals surface area contributed by atoms with Crippen molar-refractivity contribution in [2.24, 2.45) is 0 Å². The van der Waals surface area contributed by atoms with Crippen LogP contribution in [0.1, 0.15) is 100 Å². The van der Waals surface area contributed by atoms with Crippen molar-refractivity contribution in [1.82, 2.24) is 15.0 Å². The van der Waals surface area contributed by atoms with Crippen LogP contribution in [0, 0.1) is 0 Å². The van der Waals surface area contributed by atoms with Crippen LogP contribution in [0.4, 0.5) is 0 Å². The maximum atomic E-state index is 12.9. The fourth-order valence-electron chi connectivity index (χ4n) is 12.1. The number of carbonyl (C=O) groups is 2. The molecule has 0 unspecified atom stereocenters. The van der Waals surface area contributed by atoms with E-state index in [2.05, 4.69) is 251 Å². The van der Waals surface area contributed by atoms with Gasteiger partial charge in [-0.1, -0.05) is 263 Å². The van der Waals surface area contributed by atoms with Gasteiger partial charge in [-0.3, -0.25) is 15.0 Å². The maximum Gasteiger partial charge on any atom is 0.345 e. The van der Waals surface area contributed by atoms with Crippen LogP contribution in [0.3, 0.4) is 0 Å². The molecule has 10 nitrogen and oxygen atoms in total. The van der Waals surface area contributed by atoms with Crippen LogP contribution < -0.4 is 35.9 Å². The Kier molecular flexibility index (Phi) is 24.1. The summed E-state index contributed by atoms with van der Waals surface area (Å²) in [5.41, 5.74) is 2.96. The molecule has 3 heterocycles. The van der Waals surface area contributed by atoms with Gasteiger partial charge < -0.3 is 23.1 Å². The summed E-state index contributed by atoms with van der Waals surface area (Å²) >= 11 is 3.60. The molecule has 10 aromatic rings. The Morgan fingerprint density at radius 3 is 0.923 bits per heavy atom. The number of hydrogen-bond acceptors (Lipinski definition) is 9. The number of esters is 1. The van der Waals surface area contributed by atoms with Crippen LogP contribution in [-0.4, -0.2) is 76.8 Å². The molecule has 7 aromatic carbocycles. The molecule has 0 saturated heterocycles. The Hall–Kier alpha value is -8.06. The third-order valence-electron chi connectivity index (χ3n) is 16.2. The zero-order valence-electron chi connectivity index (χ0n) is 53.8. The molecule has 0 radical (unpaired) electrons. The molecule has 91 heavy (non-hydrogen) atoms. The zero-order valence-corrected chi connectivity index (χ0v) is 58.3. The molecule has 0 bridgehead atoms. The van der Waals surface area contributed by atoms with E-state index in [0.29, 0.717) is 55.4 Å². The van der Waals surface area contributed by atoms with E-state index >= 15 is 0 Å². The number of para-hydroxylation sites is 1. The number of nitrogens with zero attached hydrogens (tertiary/aromatic N) is 3. The van der Waals surface area contributed by atoms with Crippen LogP contribution in [0.25, 0.3) is 0 Å². The fourth-order valence-corrected chi connectivity index (χ4v) is 26.2. The summed E-state index contributed by atoms with van der Waals surface area (Å²) in [6, 6.07) is 83.2. The van der Waals surface area contributed by atoms with E-state index in [0.717, 1.165) is 16.6 Å². The number of rotatable bonds is 21. The number of aromatic nitrogens is 3. The lowest BCUT2D eigenvalue weighted by Crippen LogP contribution is -2.66. The van der Waals surface area contributed by atoms with Gasteiger partial charge in [0.25, 0.3) is 25.0 Å². The van der Waals surface area contributed by atoms with Gasteiger partial charge in [0.15, 0.2) is 0 Å². The van der Waals surface area contributed by atoms with Crippen molar-refractivity contribution in [2.75, 3.05) is 19.8 Å². The standard InChI is InChI=1S/C30H31NO3Si.C24H27NO3Si.C23H26BrNOSi/c1-30(2,3)35(25-16-9-5-10-17-25,26-18-11-6-12-19-26)33-23-21-28-27(20-13-22-31-28)29(32)34-24-14-7-4-8-15-24;1-24(2,3)29(19-11-6-4-7-12-19,20-13-8-5-9-14-20)28-18-16-22-21(23(26)27)15-10-17-25-22;1-23(2,3)27(19-11-6-4-7-12-19,20-13-8-5-9-14-20)26-18-16-22-21(24)15-10-17-25-22/h4-20,22H,21,23H2,1-3H3;4-15,17H,16,18H2,1-3H3,(H,26,27);4-15,17H,16,18H2,1-3H3. The summed E-state index contributed by atoms with van der Waals surface area (Å²) in [6.45, 7) is 21.8. The van der Waals surface area contributed by atoms with Crippen LogP contribution >= 0.6 is 15.9 Å². The van der Waals surface area contributed by atoms with Crippen LogP contribution in [0.5, 0.6) is 5.75 Å². The van der Waals surface area contributed by atoms with Crippen molar-refractivity contribution in [1.29, 1.82) is 0 Å². The van der Waals surface area contributed by atoms with Gasteiger partial charge in [-0.05, 0) is 111 Å². The van der Waals surface area contributed by atoms with E-state index in [1.54, 1.807) is 48.8 Å². The first-order valence-electron chi connectivity index (χ1n) is 31.0. The second kappa shape index (κ2) is 31.8. The molecule has 0 amide bonds. The first kappa shape index (κ1) is 68.8. The quantitative estimate of drug-likeness (QED) is 0.0422. The smallest absolute Gasteiger partial charge is 0.345 e. The molecule has 0 saturated carbocycles. The van der Waals surface area contributed by atoms with E-state index in [1.807, 2.05) is 60.8 Å². The van der Waals surface area contributed by atoms with E-state index in [1.165, 1.54) is 31.1 Å². The Bertz CT molecular complexity index is 3740. The first-order valence-corrected chi connectivity index (χ1v) is 37.5. The van der Waals surface area contributed by atoms with Crippen LogP contribution in [0.2, 0.25) is 15.1 Å². The third kappa shape index (κ3) is 16.7. The number of ether oxygens (including phenoxy) is 1. The number of pyridine rings is 3. The highest BCUT2D eigenvalue weighted by Gasteiger charge is 2.52. The van der Waals surface area contributed by atoms with Crippen molar-refractivity contribution in [3.05, 3.63) is 300 Å². The van der Waals surface area contributed by atoms with Gasteiger partial charge in [0.1, 0.15) is 5.75 Å². The summed E-state index contributed by atoms with van der Waals surface area (Å²) in [4.78, 5) is 37.7. The van der Waals surface area contributed by atoms with Crippen molar-refractivity contribution in [3.8, 4) is 5.75 Å². The van der Waals surface area contributed by atoms with E-state index in [-0.39, 0.29) is 20.7 Å². The SMILES string of the molecule is CC(C)(C)[Si](OCCc1ncccc1Br)(c1ccccc1)c1ccccc1.CC(C)(C)[Si](OCCc1ncccc1C(=O)O)(c1ccccc1)c1ccccc1.CC(C)(C)[Si](OCCc1ncccc1C(=O)Oc1ccccc1)(c1ccccc1)c1ccccc1. The highest BCUT2D eigenvalue weighted by atomic mass is 79.9. The summed E-state index contributed by atoms with van der Waals surface area (Å²) in [7, 11) is -7.74. The van der Waals surface area contributed by atoms with Gasteiger partial charge in [-0.2, -0.15) is 0 Å². The number of hydrogen-bond donors (Lipinski definition) is 1. The van der Waals surface area contributed by atoms with Gasteiger partial charge in [-0.25, -0.2) is 9.59 Å². The summed E-state index contributed by atoms with van der Waals surface area (Å²) in [5.74, 6) is -0.862. The summed E-state index contributed by atoms with van der Waals surface area (Å²) in [6.07, 6.45) is 6.91. The lowest BCUT2D eigenvalue weighted by atomic mass is 10.1. The molecule has 0 aliphatic carbocycles. The monoisotopic (exact) mass is 1330 g/mol. The number of carbonyl (C=O) groups excluding carboxylic acids is 1. The molecule has 1 N–H and O–H groups in total. The maximum absolute atomic E-state index is 12.9. The molecule has 468 valence electrons. The van der Waals surface area contributed by atoms with Crippen LogP contribution in [-0.2, 0) is 32.5 Å². The second-order valence-electron chi connectivity index (χ2n) is 25.2. The lowest BCUT2D eigenvalue weighted by Gasteiger charge is -2.43. The number of benzene rings is 7. The summed E-state index contributed by atoms with van der Waals surface area (Å²) in [5, 5.41) is 16.7. The number of halogens is 1. The van der Waals surface area contributed by atoms with Crippen LogP contribution in [0.15, 0.2) is 272 Å². The Labute approximate surface area is 550 Å². The normalized spacial score (nSPS) is 11.9. The predicted octanol–water partition coefficient (Wildman–Crippen LogP) is 14.3. The van der Waals surface area contributed by atoms with Gasteiger partial charge in [0.2, 0.25) is 0 Å². The minimum Gasteiger partial charge on any atom is -0.478 e. The van der Waals surface area contributed by atoms with E-state index < -0.39 is 36.9 Å². The highest BCUT2D eigenvalue weighted by molar-refractivity contribution is 9.10. The van der Waals surface area contributed by atoms with E-state index in [9.17, 15) is 14.7 Å². The third-order valence-corrected chi connectivity index (χ3v) is 32.1. The van der Waals surface area contributed by atoms with Crippen molar-refractivity contribution in [2.45, 2.75) is 96.7 Å². The van der Waals surface area contributed by atoms with Crippen molar-refractivity contribution >= 4 is 83.9 Å². The average molecular weight is 1330 g/mol. The minimum absolute atomic E-state index is 0.00292. The largest absolute Gasteiger partial charge is 0.478 e. The lowest BCUT2D eigenvalue weighted by molar-refractivity contribution is 0.0692. The topological polar surface area (TPSA) is 130 Å². The minimum atomic E-state index is -2.65. The zero-order chi connectivity index (χ0) is 65.0. The Morgan fingerprint density at radius 2 is 0.626 bits per heavy atom. The van der Waals surface area contributed by atoms with Crippen molar-refractivity contribution in [3.63, 3.8) is 0 Å². The highest BCUT2D eigenvalue weighted by Crippen LogP contribution is 2.39. The Balaban J connectivity index is 0.000000178. The summed E-state index contributed by atoms with van der Waals surface area (Å²) < 4.78 is 27.3. The molecule has 10 rings (SSSR count). The molecule has 0 atom stereocenters. The Morgan fingerprint density at radius 1 is 0.363 bits per heavy atom. The number of carboxylic acid groups (broad SMARTS) is 1. The second-order valence-corrected chi connectivity index (χ2v) is 39.0. The predicted molar refractivity (Wildman–Crippen MR) is 381 cm³/mol. The molecule has 3 aromatic heterocycles. The van der Waals surface area contributed by atoms with Crippen molar-refractivity contribution < 1.29 is 32.7 Å². The first-order chi connectivity index (χ1) is 43.7. The average Bonchev–Trinajstić information content (AvgIpc) is 0.770. The number of aromatic carboxylic acids is 1. The molecular weight excluding hydrogens is 1240 g/mol. The van der Waals surface area contributed by atoms with E-state index in [4.69, 9.17) is 18.0 Å². The molecule has 0 spiro atoms. The number of carboxylic acids is 1. The van der Waals surface area contributed by atoms with Gasteiger partial charge >= 0.3 is 11.9 Å². The molecular formula is C77H84BrN3O7Si3. The molecule has 0 aliphatic rings.